The zero-order chi connectivity index (χ0) is 19.9. The molecule has 0 bridgehead atoms. The molecule has 9 nitrogen and oxygen atoms in total. The summed E-state index contributed by atoms with van der Waals surface area (Å²) >= 11 is 8.57. The predicted octanol–water partition coefficient (Wildman–Crippen LogP) is 2.92. The molecule has 28 heavy (non-hydrogen) atoms. The molecule has 4 atom stereocenters. The molecule has 154 valence electrons. The van der Waals surface area contributed by atoms with Gasteiger partial charge in [0, 0.05) is 7.11 Å². The molecule has 3 heterocycles. The molecular weight excluding hydrogens is 449 g/mol. The van der Waals surface area contributed by atoms with E-state index >= 15 is 0 Å². The van der Waals surface area contributed by atoms with Crippen molar-refractivity contribution in [2.45, 2.75) is 25.4 Å². The molecule has 0 spiro atoms. The summed E-state index contributed by atoms with van der Waals surface area (Å²) in [6, 6.07) is 0. The van der Waals surface area contributed by atoms with Crippen LogP contribution in [-0.2, 0) is 36.2 Å². The second-order valence-electron chi connectivity index (χ2n) is 5.60. The molecule has 1 aliphatic rings. The first-order valence-electron chi connectivity index (χ1n) is 8.21. The molecule has 2 aromatic rings. The van der Waals surface area contributed by atoms with E-state index in [9.17, 15) is 4.39 Å². The van der Waals surface area contributed by atoms with Gasteiger partial charge in [-0.15, -0.1) is 0 Å². The second-order valence-corrected chi connectivity index (χ2v) is 9.78. The van der Waals surface area contributed by atoms with Crippen molar-refractivity contribution in [2.24, 2.45) is 0 Å². The molecule has 0 radical (unpaired) electrons. The molecule has 1 fully saturated rings. The summed E-state index contributed by atoms with van der Waals surface area (Å²) in [5, 5.41) is 0. The standard InChI is InChI=1S/C14H20FN4O5P2S2/c1-20-9-25(27)22-3-2-19-13(18-11-4-16-8-17-14(11)19)7-23-26(28)24-12-6-21-5-10(12)15/h4,8-10,12,27-28H,2-3,5-7H2,1H3/q+1/t10?,12-,26?/m0/s1. The van der Waals surface area contributed by atoms with Crippen LogP contribution in [0.15, 0.2) is 12.5 Å². The fourth-order valence-corrected chi connectivity index (χ4v) is 4.77. The number of imidazole rings is 1. The van der Waals surface area contributed by atoms with Crippen molar-refractivity contribution >= 4 is 56.2 Å². The third-order valence-electron chi connectivity index (χ3n) is 3.72. The zero-order valence-corrected chi connectivity index (χ0v) is 18.5. The molecule has 0 aliphatic carbocycles. The van der Waals surface area contributed by atoms with Gasteiger partial charge in [0.25, 0.3) is 5.98 Å². The van der Waals surface area contributed by atoms with Gasteiger partial charge in [-0.3, -0.25) is 0 Å². The molecule has 2 aromatic heterocycles. The number of rotatable bonds is 10. The number of thiol groups is 2. The fourth-order valence-electron chi connectivity index (χ4n) is 2.48. The van der Waals surface area contributed by atoms with E-state index in [4.69, 9.17) is 23.0 Å². The largest absolute Gasteiger partial charge is 0.375 e. The van der Waals surface area contributed by atoms with Gasteiger partial charge in [-0.2, -0.15) is 4.52 Å². The van der Waals surface area contributed by atoms with E-state index in [-0.39, 0.29) is 19.8 Å². The Morgan fingerprint density at radius 3 is 3.11 bits per heavy atom. The number of ether oxygens (including phenoxy) is 2. The number of methoxy groups -OCH3 is 1. The van der Waals surface area contributed by atoms with E-state index in [0.717, 1.165) is 0 Å². The smallest absolute Gasteiger partial charge is 0.351 e. The van der Waals surface area contributed by atoms with Crippen molar-refractivity contribution in [1.29, 1.82) is 0 Å². The zero-order valence-electron chi connectivity index (χ0n) is 14.9. The lowest BCUT2D eigenvalue weighted by Crippen LogP contribution is -2.21. The number of nitrogens with zero attached hydrogens (tertiary/aromatic N) is 4. The number of alkyl halides is 1. The minimum Gasteiger partial charge on any atom is -0.375 e. The number of hydrogen-bond donors (Lipinski definition) is 2. The van der Waals surface area contributed by atoms with E-state index in [2.05, 4.69) is 39.4 Å². The Bertz CT molecular complexity index is 817. The SMILES string of the molecule is COC=[P+](S)OCCn1c(COP(S)O[C@H]2COCC2F)nc2cncnc21. The molecule has 3 unspecified atom stereocenters. The van der Waals surface area contributed by atoms with E-state index in [1.54, 1.807) is 13.3 Å². The van der Waals surface area contributed by atoms with Gasteiger partial charge < -0.3 is 23.1 Å². The van der Waals surface area contributed by atoms with Gasteiger partial charge >= 0.3 is 6.97 Å². The molecule has 14 heteroatoms. The van der Waals surface area contributed by atoms with Crippen LogP contribution < -0.4 is 0 Å². The number of fused-ring (bicyclic) bond motifs is 1. The minimum absolute atomic E-state index is 0.0320. The van der Waals surface area contributed by atoms with Gasteiger partial charge in [0.2, 0.25) is 7.58 Å². The van der Waals surface area contributed by atoms with E-state index < -0.39 is 26.8 Å². The van der Waals surface area contributed by atoms with Crippen molar-refractivity contribution in [1.82, 2.24) is 19.5 Å². The highest BCUT2D eigenvalue weighted by Crippen LogP contribution is 2.46. The quantitative estimate of drug-likeness (QED) is 0.406. The summed E-state index contributed by atoms with van der Waals surface area (Å²) in [7, 11) is -0.0416. The maximum Gasteiger partial charge on any atom is 0.351 e. The Morgan fingerprint density at radius 1 is 1.50 bits per heavy atom. The lowest BCUT2D eigenvalue weighted by atomic mass is 10.3. The van der Waals surface area contributed by atoms with Crippen LogP contribution in [-0.4, -0.2) is 64.7 Å². The van der Waals surface area contributed by atoms with Crippen LogP contribution in [0.3, 0.4) is 0 Å². The minimum atomic E-state index is -1.59. The molecule has 0 N–H and O–H groups in total. The Labute approximate surface area is 174 Å². The first-order chi connectivity index (χ1) is 13.6. The maximum absolute atomic E-state index is 13.6. The average Bonchev–Trinajstić information content (AvgIpc) is 3.24. The van der Waals surface area contributed by atoms with Crippen LogP contribution in [0.4, 0.5) is 4.39 Å². The first kappa shape index (κ1) is 22.3. The first-order valence-corrected chi connectivity index (χ1v) is 13.0. The van der Waals surface area contributed by atoms with Crippen LogP contribution >= 0.6 is 39.0 Å². The number of hydrogen-bond acceptors (Lipinski definition) is 10. The van der Waals surface area contributed by atoms with Gasteiger partial charge in [0.05, 0.1) is 26.0 Å². The molecule has 1 aliphatic heterocycles. The Kier molecular flexibility index (Phi) is 8.83. The third kappa shape index (κ3) is 6.04. The number of halogens is 1. The van der Waals surface area contributed by atoms with E-state index in [0.29, 0.717) is 30.1 Å². The summed E-state index contributed by atoms with van der Waals surface area (Å²) in [6.45, 7) is 0.140. The molecule has 1 saturated heterocycles. The second kappa shape index (κ2) is 11.1. The van der Waals surface area contributed by atoms with Gasteiger partial charge in [-0.05, 0) is 0 Å². The van der Waals surface area contributed by atoms with Gasteiger partial charge in [-0.1, -0.05) is 12.2 Å². The highest BCUT2D eigenvalue weighted by Gasteiger charge is 2.31. The topological polar surface area (TPSA) is 89.8 Å². The Morgan fingerprint density at radius 2 is 2.36 bits per heavy atom. The fraction of sp³-hybridized carbons (Fsp3) is 0.571. The van der Waals surface area contributed by atoms with Gasteiger partial charge in [0.15, 0.2) is 11.8 Å². The van der Waals surface area contributed by atoms with Gasteiger partial charge in [-0.25, -0.2) is 19.3 Å². The average molecular weight is 469 g/mol. The lowest BCUT2D eigenvalue weighted by molar-refractivity contribution is 0.123. The molecule has 0 aromatic carbocycles. The van der Waals surface area contributed by atoms with Crippen molar-refractivity contribution in [3.63, 3.8) is 0 Å². The summed E-state index contributed by atoms with van der Waals surface area (Å²) in [4.78, 5) is 12.8. The summed E-state index contributed by atoms with van der Waals surface area (Å²) in [5.41, 5.74) is 1.30. The maximum atomic E-state index is 13.6. The van der Waals surface area contributed by atoms with Crippen molar-refractivity contribution < 1.29 is 27.4 Å². The summed E-state index contributed by atoms with van der Waals surface area (Å²) < 4.78 is 42.1. The highest BCUT2D eigenvalue weighted by atomic mass is 32.7. The van der Waals surface area contributed by atoms with Crippen molar-refractivity contribution in [2.75, 3.05) is 26.9 Å². The Hall–Kier alpha value is -0.420. The Balaban J connectivity index is 1.63. The summed E-state index contributed by atoms with van der Waals surface area (Å²) in [5.74, 6) is 2.15. The molecule has 0 saturated carbocycles. The number of aromatic nitrogens is 4. The van der Waals surface area contributed by atoms with Crippen LogP contribution in [0.25, 0.3) is 11.2 Å². The lowest BCUT2D eigenvalue weighted by Gasteiger charge is -2.17. The van der Waals surface area contributed by atoms with Crippen LogP contribution in [0.2, 0.25) is 0 Å². The monoisotopic (exact) mass is 469 g/mol. The predicted molar refractivity (Wildman–Crippen MR) is 112 cm³/mol. The van der Waals surface area contributed by atoms with Crippen LogP contribution in [0.5, 0.6) is 0 Å². The van der Waals surface area contributed by atoms with Crippen LogP contribution in [0, 0.1) is 0 Å². The third-order valence-corrected chi connectivity index (χ3v) is 6.61. The highest BCUT2D eigenvalue weighted by molar-refractivity contribution is 8.42. The normalized spacial score (nSPS) is 21.5. The molecular formula is C14H20FN4O5P2S2+. The van der Waals surface area contributed by atoms with E-state index in [1.165, 1.54) is 12.3 Å². The van der Waals surface area contributed by atoms with E-state index in [1.807, 2.05) is 4.57 Å². The van der Waals surface area contributed by atoms with Crippen molar-refractivity contribution in [3.8, 4) is 0 Å². The van der Waals surface area contributed by atoms with Crippen molar-refractivity contribution in [3.05, 3.63) is 18.3 Å². The van der Waals surface area contributed by atoms with Gasteiger partial charge in [0.1, 0.15) is 49.2 Å². The molecule has 0 amide bonds. The van der Waals surface area contributed by atoms with Crippen LogP contribution in [0.1, 0.15) is 5.82 Å². The summed E-state index contributed by atoms with van der Waals surface area (Å²) in [6.07, 6.45) is 1.25. The molecule has 3 rings (SSSR count).